The Balaban J connectivity index is 2.19. The molecule has 2 heterocycles. The van der Waals surface area contributed by atoms with Gasteiger partial charge in [-0.15, -0.1) is 0 Å². The zero-order valence-corrected chi connectivity index (χ0v) is 10.8. The van der Waals surface area contributed by atoms with Gasteiger partial charge in [0.1, 0.15) is 17.2 Å². The van der Waals surface area contributed by atoms with E-state index < -0.39 is 0 Å². The van der Waals surface area contributed by atoms with Gasteiger partial charge in [-0.1, -0.05) is 18.2 Å². The molecule has 0 aliphatic carbocycles. The summed E-state index contributed by atoms with van der Waals surface area (Å²) in [6.45, 7) is 0. The normalized spacial score (nSPS) is 10.7. The fourth-order valence-corrected chi connectivity index (χ4v) is 2.20. The highest BCUT2D eigenvalue weighted by molar-refractivity contribution is 5.85. The first-order valence-electron chi connectivity index (χ1n) is 6.13. The van der Waals surface area contributed by atoms with Crippen LogP contribution in [-0.4, -0.2) is 22.7 Å². The summed E-state index contributed by atoms with van der Waals surface area (Å²) < 4.78 is 15.5. The Kier molecular flexibility index (Phi) is 2.95. The minimum Gasteiger partial charge on any atom is -0.325 e. The quantitative estimate of drug-likeness (QED) is 0.686. The van der Waals surface area contributed by atoms with Gasteiger partial charge in [-0.3, -0.25) is 9.20 Å². The van der Waals surface area contributed by atoms with Gasteiger partial charge in [0.25, 0.3) is 0 Å². The molecule has 4 nitrogen and oxygen atoms in total. The zero-order valence-electron chi connectivity index (χ0n) is 10.8. The van der Waals surface area contributed by atoms with Crippen molar-refractivity contribution in [2.24, 2.45) is 0 Å². The maximum atomic E-state index is 13.9. The van der Waals surface area contributed by atoms with Crippen molar-refractivity contribution in [3.8, 4) is 0 Å². The van der Waals surface area contributed by atoms with Gasteiger partial charge in [-0.05, 0) is 24.3 Å². The minimum atomic E-state index is -0.357. The predicted octanol–water partition coefficient (Wildman–Crippen LogP) is 3.05. The standard InChI is InChI=1S/C15H12FN3O/c1-18(12-7-3-2-6-11(12)16)15-13(10-20)19-9-5-4-8-14(19)17-15/h2-10H,1H3. The molecule has 0 bridgehead atoms. The molecule has 0 fully saturated rings. The third-order valence-electron chi connectivity index (χ3n) is 3.19. The van der Waals surface area contributed by atoms with Crippen LogP contribution in [0.1, 0.15) is 10.5 Å². The van der Waals surface area contributed by atoms with E-state index in [9.17, 15) is 9.18 Å². The number of hydrogen-bond acceptors (Lipinski definition) is 3. The Morgan fingerprint density at radius 1 is 1.20 bits per heavy atom. The van der Waals surface area contributed by atoms with Crippen LogP contribution in [0, 0.1) is 5.82 Å². The lowest BCUT2D eigenvalue weighted by molar-refractivity contribution is 0.111. The van der Waals surface area contributed by atoms with Crippen molar-refractivity contribution < 1.29 is 9.18 Å². The molecule has 0 unspecified atom stereocenters. The van der Waals surface area contributed by atoms with E-state index in [1.165, 1.54) is 6.07 Å². The number of fused-ring (bicyclic) bond motifs is 1. The lowest BCUT2D eigenvalue weighted by Crippen LogP contribution is -2.13. The highest BCUT2D eigenvalue weighted by Gasteiger charge is 2.18. The average Bonchev–Trinajstić information content (AvgIpc) is 2.85. The molecule has 2 aromatic heterocycles. The van der Waals surface area contributed by atoms with Gasteiger partial charge in [-0.2, -0.15) is 0 Å². The molecule has 3 rings (SSSR count). The smallest absolute Gasteiger partial charge is 0.170 e. The summed E-state index contributed by atoms with van der Waals surface area (Å²) in [6, 6.07) is 11.8. The van der Waals surface area contributed by atoms with Gasteiger partial charge < -0.3 is 4.90 Å². The predicted molar refractivity (Wildman–Crippen MR) is 75.0 cm³/mol. The third-order valence-corrected chi connectivity index (χ3v) is 3.19. The number of benzene rings is 1. The van der Waals surface area contributed by atoms with Gasteiger partial charge in [0.15, 0.2) is 12.1 Å². The van der Waals surface area contributed by atoms with Crippen LogP contribution < -0.4 is 4.90 Å². The molecule has 5 heteroatoms. The van der Waals surface area contributed by atoms with Crippen LogP contribution >= 0.6 is 0 Å². The molecule has 0 aliphatic rings. The number of imidazole rings is 1. The number of rotatable bonds is 3. The van der Waals surface area contributed by atoms with E-state index in [1.54, 1.807) is 46.8 Å². The maximum Gasteiger partial charge on any atom is 0.170 e. The number of aromatic nitrogens is 2. The first kappa shape index (κ1) is 12.3. The zero-order chi connectivity index (χ0) is 14.1. The van der Waals surface area contributed by atoms with E-state index in [0.717, 1.165) is 6.29 Å². The van der Waals surface area contributed by atoms with E-state index >= 15 is 0 Å². The number of hydrogen-bond donors (Lipinski definition) is 0. The number of anilines is 2. The highest BCUT2D eigenvalue weighted by Crippen LogP contribution is 2.28. The van der Waals surface area contributed by atoms with E-state index in [0.29, 0.717) is 22.8 Å². The molecule has 0 radical (unpaired) electrons. The van der Waals surface area contributed by atoms with Crippen LogP contribution in [0.2, 0.25) is 0 Å². The van der Waals surface area contributed by atoms with Crippen molar-refractivity contribution >= 4 is 23.4 Å². The molecule has 1 aromatic carbocycles. The van der Waals surface area contributed by atoms with Gasteiger partial charge in [0.05, 0.1) is 5.69 Å². The van der Waals surface area contributed by atoms with Crippen LogP contribution in [0.5, 0.6) is 0 Å². The van der Waals surface area contributed by atoms with Crippen LogP contribution in [0.15, 0.2) is 48.7 Å². The molecule has 0 amide bonds. The van der Waals surface area contributed by atoms with Crippen molar-refractivity contribution in [2.45, 2.75) is 0 Å². The molecule has 20 heavy (non-hydrogen) atoms. The topological polar surface area (TPSA) is 37.6 Å². The summed E-state index contributed by atoms with van der Waals surface area (Å²) >= 11 is 0. The van der Waals surface area contributed by atoms with Crippen molar-refractivity contribution in [1.29, 1.82) is 0 Å². The molecule has 0 N–H and O–H groups in total. The van der Waals surface area contributed by atoms with Crippen LogP contribution in [0.3, 0.4) is 0 Å². The maximum absolute atomic E-state index is 13.9. The number of carbonyl (C=O) groups is 1. The molecule has 0 aliphatic heterocycles. The number of halogens is 1. The number of para-hydroxylation sites is 1. The van der Waals surface area contributed by atoms with Gasteiger partial charge >= 0.3 is 0 Å². The first-order chi connectivity index (χ1) is 9.72. The Morgan fingerprint density at radius 2 is 1.95 bits per heavy atom. The monoisotopic (exact) mass is 269 g/mol. The molecule has 0 spiro atoms. The minimum absolute atomic E-state index is 0.357. The Morgan fingerprint density at radius 3 is 2.70 bits per heavy atom. The lowest BCUT2D eigenvalue weighted by atomic mass is 10.2. The Labute approximate surface area is 115 Å². The van der Waals surface area contributed by atoms with E-state index in [1.807, 2.05) is 12.1 Å². The molecule has 0 saturated heterocycles. The highest BCUT2D eigenvalue weighted by atomic mass is 19.1. The summed E-state index contributed by atoms with van der Waals surface area (Å²) in [7, 11) is 1.69. The van der Waals surface area contributed by atoms with Crippen molar-refractivity contribution in [2.75, 3.05) is 11.9 Å². The lowest BCUT2D eigenvalue weighted by Gasteiger charge is -2.17. The number of pyridine rings is 1. The largest absolute Gasteiger partial charge is 0.325 e. The summed E-state index contributed by atoms with van der Waals surface area (Å²) in [5.74, 6) is 0.0696. The van der Waals surface area contributed by atoms with Crippen molar-refractivity contribution in [3.05, 3.63) is 60.2 Å². The average molecular weight is 269 g/mol. The fourth-order valence-electron chi connectivity index (χ4n) is 2.20. The number of aldehydes is 1. The Hall–Kier alpha value is -2.69. The van der Waals surface area contributed by atoms with E-state index in [4.69, 9.17) is 0 Å². The van der Waals surface area contributed by atoms with E-state index in [-0.39, 0.29) is 5.82 Å². The van der Waals surface area contributed by atoms with Gasteiger partial charge in [-0.25, -0.2) is 9.37 Å². The van der Waals surface area contributed by atoms with Crippen molar-refractivity contribution in [1.82, 2.24) is 9.38 Å². The molecule has 0 saturated carbocycles. The van der Waals surface area contributed by atoms with Crippen LogP contribution in [0.25, 0.3) is 5.65 Å². The number of nitrogens with zero attached hydrogens (tertiary/aromatic N) is 3. The number of carbonyl (C=O) groups excluding carboxylic acids is 1. The summed E-state index contributed by atoms with van der Waals surface area (Å²) in [5.41, 5.74) is 1.41. The fraction of sp³-hybridized carbons (Fsp3) is 0.0667. The Bertz CT molecular complexity index is 782. The molecule has 100 valence electrons. The second kappa shape index (κ2) is 4.77. The van der Waals surface area contributed by atoms with Crippen LogP contribution in [0.4, 0.5) is 15.9 Å². The second-order valence-corrected chi connectivity index (χ2v) is 4.38. The van der Waals surface area contributed by atoms with Gasteiger partial charge in [0.2, 0.25) is 0 Å². The third kappa shape index (κ3) is 1.84. The molecular weight excluding hydrogens is 257 g/mol. The molecule has 3 aromatic rings. The van der Waals surface area contributed by atoms with E-state index in [2.05, 4.69) is 4.98 Å². The van der Waals surface area contributed by atoms with Crippen LogP contribution in [-0.2, 0) is 0 Å². The van der Waals surface area contributed by atoms with Gasteiger partial charge in [0, 0.05) is 13.2 Å². The summed E-state index contributed by atoms with van der Waals surface area (Å²) in [4.78, 5) is 17.3. The second-order valence-electron chi connectivity index (χ2n) is 4.38. The first-order valence-corrected chi connectivity index (χ1v) is 6.13. The SMILES string of the molecule is CN(c1ccccc1F)c1nc2ccccn2c1C=O. The summed E-state index contributed by atoms with van der Waals surface area (Å²) in [6.07, 6.45) is 2.48. The summed E-state index contributed by atoms with van der Waals surface area (Å²) in [5, 5.41) is 0. The molecule has 0 atom stereocenters. The van der Waals surface area contributed by atoms with Crippen molar-refractivity contribution in [3.63, 3.8) is 0 Å². The molecular formula is C15H12FN3O.